The third-order valence-electron chi connectivity index (χ3n) is 5.54. The highest BCUT2D eigenvalue weighted by molar-refractivity contribution is 7.92. The summed E-state index contributed by atoms with van der Waals surface area (Å²) in [7, 11) is -2.21. The first kappa shape index (κ1) is 27.2. The molecule has 9 heteroatoms. The van der Waals surface area contributed by atoms with Gasteiger partial charge in [0.05, 0.1) is 19.1 Å². The maximum atomic E-state index is 13.6. The molecule has 0 aromatic heterocycles. The highest BCUT2D eigenvalue weighted by Gasteiger charge is 2.32. The third-order valence-corrected chi connectivity index (χ3v) is 6.66. The number of anilines is 1. The summed E-state index contributed by atoms with van der Waals surface area (Å²) in [6.07, 6.45) is 1.46. The summed E-state index contributed by atoms with van der Waals surface area (Å²) in [5, 5.41) is 2.78. The van der Waals surface area contributed by atoms with Crippen LogP contribution < -0.4 is 14.4 Å². The Morgan fingerprint density at radius 1 is 1.09 bits per heavy atom. The fraction of sp³-hybridized carbons (Fsp3) is 0.440. The topological polar surface area (TPSA) is 96.0 Å². The molecule has 0 fully saturated rings. The smallest absolute Gasteiger partial charge is 0.244 e. The van der Waals surface area contributed by atoms with Crippen molar-refractivity contribution >= 4 is 27.5 Å². The number of nitrogens with one attached hydrogen (secondary N) is 1. The van der Waals surface area contributed by atoms with Crippen molar-refractivity contribution in [3.05, 3.63) is 59.2 Å². The molecule has 0 spiro atoms. The maximum absolute atomic E-state index is 13.6. The first-order chi connectivity index (χ1) is 16.0. The zero-order valence-electron chi connectivity index (χ0n) is 20.8. The molecule has 0 aliphatic carbocycles. The zero-order chi connectivity index (χ0) is 25.5. The van der Waals surface area contributed by atoms with E-state index in [1.54, 1.807) is 32.2 Å². The lowest BCUT2D eigenvalue weighted by atomic mass is 10.1. The van der Waals surface area contributed by atoms with Crippen molar-refractivity contribution in [2.24, 2.45) is 0 Å². The van der Waals surface area contributed by atoms with E-state index in [4.69, 9.17) is 4.74 Å². The predicted molar refractivity (Wildman–Crippen MR) is 134 cm³/mol. The second kappa shape index (κ2) is 11.9. The molecule has 1 N–H and O–H groups in total. The van der Waals surface area contributed by atoms with E-state index in [0.717, 1.165) is 27.3 Å². The first-order valence-electron chi connectivity index (χ1n) is 11.3. The van der Waals surface area contributed by atoms with Crippen LogP contribution in [0.25, 0.3) is 0 Å². The van der Waals surface area contributed by atoms with Gasteiger partial charge in [0.25, 0.3) is 0 Å². The summed E-state index contributed by atoms with van der Waals surface area (Å²) < 4.78 is 31.9. The van der Waals surface area contributed by atoms with Crippen molar-refractivity contribution in [2.75, 3.05) is 30.8 Å². The summed E-state index contributed by atoms with van der Waals surface area (Å²) in [6, 6.07) is 11.9. The molecule has 0 bridgehead atoms. The van der Waals surface area contributed by atoms with Gasteiger partial charge in [-0.05, 0) is 62.1 Å². The highest BCUT2D eigenvalue weighted by Crippen LogP contribution is 2.25. The minimum atomic E-state index is -3.77. The van der Waals surface area contributed by atoms with Crippen molar-refractivity contribution in [1.82, 2.24) is 10.2 Å². The van der Waals surface area contributed by atoms with Crippen molar-refractivity contribution in [2.45, 2.75) is 46.7 Å². The van der Waals surface area contributed by atoms with Crippen LogP contribution in [-0.2, 0) is 26.2 Å². The van der Waals surface area contributed by atoms with Gasteiger partial charge in [0.2, 0.25) is 21.8 Å². The van der Waals surface area contributed by atoms with Crippen molar-refractivity contribution in [3.63, 3.8) is 0 Å². The Kier molecular flexibility index (Phi) is 9.49. The normalized spacial score (nSPS) is 12.1. The molecule has 2 aromatic rings. The second-order valence-electron chi connectivity index (χ2n) is 8.25. The molecule has 8 nitrogen and oxygen atoms in total. The molecular weight excluding hydrogens is 454 g/mol. The van der Waals surface area contributed by atoms with Gasteiger partial charge >= 0.3 is 0 Å². The lowest BCUT2D eigenvalue weighted by Crippen LogP contribution is -2.52. The molecule has 2 aromatic carbocycles. The average Bonchev–Trinajstić information content (AvgIpc) is 2.78. The van der Waals surface area contributed by atoms with Gasteiger partial charge in [-0.15, -0.1) is 0 Å². The molecule has 2 amide bonds. The number of nitrogens with zero attached hydrogens (tertiary/aromatic N) is 2. The van der Waals surface area contributed by atoms with Gasteiger partial charge in [0.15, 0.2) is 0 Å². The number of hydrogen-bond donors (Lipinski definition) is 1. The number of aryl methyl sites for hydroxylation is 2. The summed E-state index contributed by atoms with van der Waals surface area (Å²) in [5.74, 6) is -0.116. The summed E-state index contributed by atoms with van der Waals surface area (Å²) >= 11 is 0. The summed E-state index contributed by atoms with van der Waals surface area (Å²) in [5.41, 5.74) is 2.83. The van der Waals surface area contributed by atoms with E-state index < -0.39 is 28.5 Å². The van der Waals surface area contributed by atoms with Gasteiger partial charge < -0.3 is 15.0 Å². The molecule has 0 saturated heterocycles. The van der Waals surface area contributed by atoms with Crippen LogP contribution in [0.15, 0.2) is 42.5 Å². The molecule has 0 unspecified atom stereocenters. The van der Waals surface area contributed by atoms with E-state index in [1.807, 2.05) is 45.0 Å². The van der Waals surface area contributed by atoms with Crippen LogP contribution in [0.1, 0.15) is 37.0 Å². The Balaban J connectivity index is 2.49. The van der Waals surface area contributed by atoms with Gasteiger partial charge in [0, 0.05) is 13.1 Å². The number of ether oxygens (including phenoxy) is 1. The quantitative estimate of drug-likeness (QED) is 0.523. The SMILES string of the molecule is CCNC(=O)[C@H](CC)N(Cc1cccc(OC)c1)C(=O)CN(c1cc(C)ccc1C)S(C)(=O)=O. The van der Waals surface area contributed by atoms with Crippen LogP contribution >= 0.6 is 0 Å². The molecule has 34 heavy (non-hydrogen) atoms. The predicted octanol–water partition coefficient (Wildman–Crippen LogP) is 3.02. The van der Waals surface area contributed by atoms with Crippen LogP contribution in [0.2, 0.25) is 0 Å². The van der Waals surface area contributed by atoms with E-state index in [-0.39, 0.29) is 12.5 Å². The van der Waals surface area contributed by atoms with Gasteiger partial charge in [-0.3, -0.25) is 13.9 Å². The summed E-state index contributed by atoms with van der Waals surface area (Å²) in [4.78, 5) is 27.9. The Morgan fingerprint density at radius 2 is 1.79 bits per heavy atom. The lowest BCUT2D eigenvalue weighted by Gasteiger charge is -2.33. The van der Waals surface area contributed by atoms with E-state index in [1.165, 1.54) is 4.90 Å². The van der Waals surface area contributed by atoms with E-state index in [0.29, 0.717) is 24.4 Å². The van der Waals surface area contributed by atoms with Gasteiger partial charge in [-0.25, -0.2) is 8.42 Å². The van der Waals surface area contributed by atoms with Crippen LogP contribution in [-0.4, -0.2) is 57.6 Å². The third kappa shape index (κ3) is 6.96. The van der Waals surface area contributed by atoms with Crippen LogP contribution in [0, 0.1) is 13.8 Å². The number of likely N-dealkylation sites (N-methyl/N-ethyl adjacent to an activating group) is 1. The van der Waals surface area contributed by atoms with Gasteiger partial charge in [-0.1, -0.05) is 31.2 Å². The van der Waals surface area contributed by atoms with Crippen molar-refractivity contribution in [3.8, 4) is 5.75 Å². The monoisotopic (exact) mass is 489 g/mol. The number of carbonyl (C=O) groups is 2. The molecule has 0 aliphatic rings. The first-order valence-corrected chi connectivity index (χ1v) is 13.1. The van der Waals surface area contributed by atoms with Crippen LogP contribution in [0.3, 0.4) is 0 Å². The zero-order valence-corrected chi connectivity index (χ0v) is 21.6. The molecule has 0 radical (unpaired) electrons. The average molecular weight is 490 g/mol. The highest BCUT2D eigenvalue weighted by atomic mass is 32.2. The fourth-order valence-electron chi connectivity index (χ4n) is 3.76. The van der Waals surface area contributed by atoms with Gasteiger partial charge in [-0.2, -0.15) is 0 Å². The number of carbonyl (C=O) groups excluding carboxylic acids is 2. The molecular formula is C25H35N3O5S. The standard InChI is InChI=1S/C25H35N3O5S/c1-7-22(25(30)26-8-2)27(16-20-10-9-11-21(15-20)33-5)24(29)17-28(34(6,31)32)23-14-18(3)12-13-19(23)4/h9-15,22H,7-8,16-17H2,1-6H3,(H,26,30)/t22-/m0/s1. The maximum Gasteiger partial charge on any atom is 0.244 e. The largest absolute Gasteiger partial charge is 0.497 e. The number of amides is 2. The molecule has 0 aliphatic heterocycles. The lowest BCUT2D eigenvalue weighted by molar-refractivity contribution is -0.140. The minimum absolute atomic E-state index is 0.135. The molecule has 2 rings (SSSR count). The van der Waals surface area contributed by atoms with E-state index >= 15 is 0 Å². The van der Waals surface area contributed by atoms with E-state index in [9.17, 15) is 18.0 Å². The minimum Gasteiger partial charge on any atom is -0.497 e. The second-order valence-corrected chi connectivity index (χ2v) is 10.2. The number of methoxy groups -OCH3 is 1. The summed E-state index contributed by atoms with van der Waals surface area (Å²) in [6.45, 7) is 7.45. The van der Waals surface area contributed by atoms with Crippen LogP contribution in [0.5, 0.6) is 5.75 Å². The van der Waals surface area contributed by atoms with E-state index in [2.05, 4.69) is 5.32 Å². The Labute approximate surface area is 202 Å². The number of hydrogen-bond acceptors (Lipinski definition) is 5. The molecule has 186 valence electrons. The van der Waals surface area contributed by atoms with Crippen molar-refractivity contribution < 1.29 is 22.7 Å². The Morgan fingerprint density at radius 3 is 2.38 bits per heavy atom. The number of rotatable bonds is 11. The molecule has 0 heterocycles. The van der Waals surface area contributed by atoms with Crippen molar-refractivity contribution in [1.29, 1.82) is 0 Å². The Hall–Kier alpha value is -3.07. The fourth-order valence-corrected chi connectivity index (χ4v) is 4.66. The van der Waals surface area contributed by atoms with Crippen LogP contribution in [0.4, 0.5) is 5.69 Å². The molecule has 1 atom stereocenters. The Bertz CT molecular complexity index is 1120. The van der Waals surface area contributed by atoms with Gasteiger partial charge in [0.1, 0.15) is 18.3 Å². The number of sulfonamides is 1. The number of benzene rings is 2. The molecule has 0 saturated carbocycles.